The van der Waals surface area contributed by atoms with Gasteiger partial charge in [-0.1, -0.05) is 20.8 Å². The molecule has 17 heteroatoms. The first-order chi connectivity index (χ1) is 29.0. The van der Waals surface area contributed by atoms with E-state index in [1.54, 1.807) is 54.9 Å². The van der Waals surface area contributed by atoms with Crippen LogP contribution in [0.2, 0.25) is 0 Å². The summed E-state index contributed by atoms with van der Waals surface area (Å²) in [6.45, 7) is 19.9. The minimum atomic E-state index is -1.60. The fourth-order valence-corrected chi connectivity index (χ4v) is 9.92. The van der Waals surface area contributed by atoms with Gasteiger partial charge in [-0.2, -0.15) is 0 Å². The Balaban J connectivity index is 1.65. The van der Waals surface area contributed by atoms with Crippen molar-refractivity contribution in [3.8, 4) is 0 Å². The lowest BCUT2D eigenvalue weighted by Crippen LogP contribution is -2.62. The van der Waals surface area contributed by atoms with E-state index in [-0.39, 0.29) is 37.2 Å². The number of carbonyl (C=O) groups is 4. The largest absolute Gasteiger partial charge is 0.457 e. The number of Topliss-reactive ketones (excluding diaryl/α,β-unsaturated/α-hetero) is 1. The molecular formula is C45H71N3O14. The van der Waals surface area contributed by atoms with Crippen molar-refractivity contribution in [2.75, 3.05) is 34.9 Å². The molecule has 62 heavy (non-hydrogen) atoms. The number of rotatable bonds is 10. The highest BCUT2D eigenvalue weighted by atomic mass is 16.7. The Morgan fingerprint density at radius 2 is 1.66 bits per heavy atom. The van der Waals surface area contributed by atoms with Crippen molar-refractivity contribution >= 4 is 23.8 Å². The molecule has 0 N–H and O–H groups in total. The Labute approximate surface area is 366 Å². The van der Waals surface area contributed by atoms with Gasteiger partial charge in [-0.05, 0) is 93.5 Å². The molecule has 17 nitrogen and oxygen atoms in total. The summed E-state index contributed by atoms with van der Waals surface area (Å²) in [6.07, 6.45) is -0.421. The van der Waals surface area contributed by atoms with Crippen LogP contribution in [-0.2, 0) is 61.8 Å². The Bertz CT molecular complexity index is 1770. The molecule has 1 aromatic rings. The average Bonchev–Trinajstić information content (AvgIpc) is 3.84. The van der Waals surface area contributed by atoms with E-state index in [0.717, 1.165) is 4.57 Å². The molecule has 3 fully saturated rings. The summed E-state index contributed by atoms with van der Waals surface area (Å²) in [5.41, 5.74) is -4.03. The highest BCUT2D eigenvalue weighted by Crippen LogP contribution is 2.51. The van der Waals surface area contributed by atoms with Gasteiger partial charge in [-0.25, -0.2) is 14.3 Å². The molecule has 5 heterocycles. The highest BCUT2D eigenvalue weighted by molar-refractivity contribution is 5.96. The molecule has 16 atom stereocenters. The van der Waals surface area contributed by atoms with E-state index in [1.807, 2.05) is 53.6 Å². The van der Waals surface area contributed by atoms with Crippen LogP contribution in [0, 0.1) is 17.8 Å². The van der Waals surface area contributed by atoms with E-state index in [0.29, 0.717) is 18.6 Å². The summed E-state index contributed by atoms with van der Waals surface area (Å²) in [5, 5.41) is 0. The second-order valence-corrected chi connectivity index (χ2v) is 18.7. The number of hydrogen-bond acceptors (Lipinski definition) is 16. The van der Waals surface area contributed by atoms with Crippen LogP contribution in [0.5, 0.6) is 0 Å². The number of ketones is 1. The van der Waals surface area contributed by atoms with Gasteiger partial charge < -0.3 is 52.3 Å². The van der Waals surface area contributed by atoms with Gasteiger partial charge in [0.1, 0.15) is 23.6 Å². The van der Waals surface area contributed by atoms with Crippen molar-refractivity contribution in [2.24, 2.45) is 17.8 Å². The number of likely N-dealkylation sites (N-methyl/N-ethyl adjacent to an activating group) is 1. The number of allylic oxidation sites excluding steroid dienone is 1. The molecule has 0 amide bonds. The first-order valence-electron chi connectivity index (χ1n) is 21.8. The Morgan fingerprint density at radius 1 is 0.984 bits per heavy atom. The van der Waals surface area contributed by atoms with Gasteiger partial charge in [0.05, 0.1) is 48.6 Å². The Morgan fingerprint density at radius 3 is 2.21 bits per heavy atom. The molecule has 5 rings (SSSR count). The van der Waals surface area contributed by atoms with Crippen LogP contribution in [0.3, 0.4) is 0 Å². The molecule has 3 saturated heterocycles. The first-order valence-corrected chi connectivity index (χ1v) is 21.8. The van der Waals surface area contributed by atoms with Gasteiger partial charge in [0.25, 0.3) is 0 Å². The maximum absolute atomic E-state index is 14.8. The number of cyclic esters (lactones) is 1. The van der Waals surface area contributed by atoms with Crippen LogP contribution in [-0.4, -0.2) is 151 Å². The zero-order valence-electron chi connectivity index (χ0n) is 39.3. The molecular weight excluding hydrogens is 807 g/mol. The number of carbonyl (C=O) groups excluding carboxylic acids is 4. The third kappa shape index (κ3) is 10.1. The molecule has 1 aromatic heterocycles. The third-order valence-electron chi connectivity index (χ3n) is 13.8. The van der Waals surface area contributed by atoms with Crippen molar-refractivity contribution in [1.82, 2.24) is 14.5 Å². The fourth-order valence-electron chi connectivity index (χ4n) is 9.92. The number of esters is 2. The lowest BCUT2D eigenvalue weighted by molar-refractivity contribution is -0.317. The van der Waals surface area contributed by atoms with Crippen LogP contribution < -0.4 is 0 Å². The van der Waals surface area contributed by atoms with Gasteiger partial charge in [0.2, 0.25) is 0 Å². The third-order valence-corrected chi connectivity index (χ3v) is 13.8. The molecule has 0 radical (unpaired) electrons. The molecule has 1 spiro atoms. The highest BCUT2D eigenvalue weighted by Gasteiger charge is 2.67. The summed E-state index contributed by atoms with van der Waals surface area (Å²) in [7, 11) is 6.98. The molecule has 350 valence electrons. The van der Waals surface area contributed by atoms with Gasteiger partial charge in [-0.15, -0.1) is 0 Å². The number of imidazole rings is 1. The van der Waals surface area contributed by atoms with Crippen LogP contribution in [0.15, 0.2) is 30.4 Å². The number of methoxy groups -OCH3 is 2. The maximum Gasteiger partial charge on any atom is 0.420 e. The van der Waals surface area contributed by atoms with E-state index in [9.17, 15) is 19.2 Å². The average molecular weight is 878 g/mol. The van der Waals surface area contributed by atoms with Crippen molar-refractivity contribution in [3.63, 3.8) is 0 Å². The molecule has 0 aliphatic carbocycles. The van der Waals surface area contributed by atoms with E-state index < -0.39 is 101 Å². The quantitative estimate of drug-likeness (QED) is 0.168. The normalized spacial score (nSPS) is 43.0. The van der Waals surface area contributed by atoms with Gasteiger partial charge >= 0.3 is 18.0 Å². The molecule has 4 aliphatic rings. The first kappa shape index (κ1) is 49.7. The number of hydrogen-bond donors (Lipinski definition) is 0. The van der Waals surface area contributed by atoms with Crippen molar-refractivity contribution in [1.29, 1.82) is 0 Å². The topological polar surface area (TPSA) is 185 Å². The molecule has 4 aliphatic heterocycles. The van der Waals surface area contributed by atoms with Gasteiger partial charge in [-0.3, -0.25) is 14.4 Å². The zero-order chi connectivity index (χ0) is 46.1. The molecule has 0 aromatic carbocycles. The SMILES string of the molecule is CCC1OC(=O)[C@H](C)C(O[C@H]2C[C@@](C)(OC)[C@@]3(CO3)[C@H](C)O2)[C@H](C)[C@@H](O[C@@H]2O[C@H](C)C[C@H](N(C)C)[C@H]2OC(C)=O)[C@](C)(OC)C[C@@H](C)C(=O)/C(C)=C/[C@]1(C)OC(=O)n1ccnc1. The summed E-state index contributed by atoms with van der Waals surface area (Å²) >= 11 is 0. The Kier molecular flexibility index (Phi) is 15.6. The number of ether oxygens (including phenoxy) is 10. The van der Waals surface area contributed by atoms with Crippen molar-refractivity contribution in [2.45, 2.75) is 179 Å². The molecule has 2 unspecified atom stereocenters. The lowest BCUT2D eigenvalue weighted by atomic mass is 9.76. The van der Waals surface area contributed by atoms with Gasteiger partial charge in [0.15, 0.2) is 30.1 Å². The van der Waals surface area contributed by atoms with Crippen molar-refractivity contribution < 1.29 is 66.5 Å². The predicted octanol–water partition coefficient (Wildman–Crippen LogP) is 5.26. The van der Waals surface area contributed by atoms with Gasteiger partial charge in [0, 0.05) is 51.8 Å². The fraction of sp³-hybridized carbons (Fsp3) is 0.800. The zero-order valence-corrected chi connectivity index (χ0v) is 39.3. The number of nitrogens with zero attached hydrogens (tertiary/aromatic N) is 3. The van der Waals surface area contributed by atoms with E-state index in [2.05, 4.69) is 4.98 Å². The summed E-state index contributed by atoms with van der Waals surface area (Å²) < 4.78 is 65.2. The lowest BCUT2D eigenvalue weighted by Gasteiger charge is -2.50. The monoisotopic (exact) mass is 877 g/mol. The minimum absolute atomic E-state index is 0.132. The van der Waals surface area contributed by atoms with Crippen LogP contribution in [0.25, 0.3) is 0 Å². The Hall–Kier alpha value is -3.29. The van der Waals surface area contributed by atoms with E-state index >= 15 is 0 Å². The second-order valence-electron chi connectivity index (χ2n) is 18.7. The summed E-state index contributed by atoms with van der Waals surface area (Å²) in [4.78, 5) is 61.3. The van der Waals surface area contributed by atoms with Crippen molar-refractivity contribution in [3.05, 3.63) is 30.4 Å². The minimum Gasteiger partial charge on any atom is -0.457 e. The summed E-state index contributed by atoms with van der Waals surface area (Å²) in [6, 6.07) is -0.270. The smallest absolute Gasteiger partial charge is 0.420 e. The van der Waals surface area contributed by atoms with E-state index in [4.69, 9.17) is 47.4 Å². The van der Waals surface area contributed by atoms with Crippen LogP contribution in [0.4, 0.5) is 4.79 Å². The van der Waals surface area contributed by atoms with Crippen LogP contribution >= 0.6 is 0 Å². The molecule has 0 saturated carbocycles. The standard InChI is InChI=1S/C45H71N3O14/c1-16-33-42(9,62-41(52)48-18-17-46-24-48)20-25(2)35(50)26(3)21-43(10,53-14)38(61-40-37(58-31(8)49)32(47(12)13)19-27(4)56-40)28(5)36(29(6)39(51)59-33)60-34-22-44(11,54-15)45(23-55-45)30(7)57-34/h17-18,20,24,26-30,32-34,36-38,40H,16,19,21-23H2,1-15H3/b25-20+/t26-,27-,28+,29-,30+,32+,33?,34+,36?,37-,38-,40+,42+,43-,44-,45-/m1/s1. The summed E-state index contributed by atoms with van der Waals surface area (Å²) in [5.74, 6) is -3.82. The van der Waals surface area contributed by atoms with Crippen LogP contribution in [0.1, 0.15) is 102 Å². The second kappa shape index (κ2) is 19.4. The number of epoxide rings is 1. The van der Waals surface area contributed by atoms with E-state index in [1.165, 1.54) is 25.6 Å². The number of aromatic nitrogens is 2. The maximum atomic E-state index is 14.8. The molecule has 0 bridgehead atoms. The predicted molar refractivity (Wildman–Crippen MR) is 224 cm³/mol.